The van der Waals surface area contributed by atoms with E-state index in [1.807, 2.05) is 0 Å². The van der Waals surface area contributed by atoms with E-state index in [0.717, 1.165) is 19.7 Å². The molecule has 0 aromatic carbocycles. The van der Waals surface area contributed by atoms with Crippen molar-refractivity contribution in [2.24, 2.45) is 11.1 Å². The monoisotopic (exact) mass is 228 g/mol. The molecule has 0 aromatic heterocycles. The van der Waals surface area contributed by atoms with Crippen LogP contribution in [0, 0.1) is 5.41 Å². The average molecular weight is 228 g/mol. The molecule has 3 nitrogen and oxygen atoms in total. The smallest absolute Gasteiger partial charge is 0.0753 e. The molecule has 2 unspecified atom stereocenters. The maximum Gasteiger partial charge on any atom is 0.0753 e. The zero-order chi connectivity index (χ0) is 12.6. The maximum absolute atomic E-state index is 6.16. The van der Waals surface area contributed by atoms with E-state index in [9.17, 15) is 0 Å². The number of hydrogen-bond acceptors (Lipinski definition) is 3. The Morgan fingerprint density at radius 2 is 1.88 bits per heavy atom. The van der Waals surface area contributed by atoms with Crippen molar-refractivity contribution in [3.8, 4) is 0 Å². The highest BCUT2D eigenvalue weighted by molar-refractivity contribution is 4.93. The molecule has 96 valence electrons. The van der Waals surface area contributed by atoms with Crippen molar-refractivity contribution in [2.45, 2.75) is 59.2 Å². The first-order valence-electron chi connectivity index (χ1n) is 6.27. The van der Waals surface area contributed by atoms with E-state index in [-0.39, 0.29) is 17.1 Å². The molecule has 2 N–H and O–H groups in total. The highest BCUT2D eigenvalue weighted by Gasteiger charge is 2.38. The molecular formula is C13H28N2O. The Morgan fingerprint density at radius 3 is 2.25 bits per heavy atom. The lowest BCUT2D eigenvalue weighted by Gasteiger charge is -2.48. The largest absolute Gasteiger partial charge is 0.373 e. The Balaban J connectivity index is 2.80. The zero-order valence-electron chi connectivity index (χ0n) is 11.7. The molecule has 0 aromatic rings. The number of nitrogens with zero attached hydrogens (tertiary/aromatic N) is 1. The normalized spacial score (nSPS) is 26.4. The van der Waals surface area contributed by atoms with Gasteiger partial charge in [-0.05, 0) is 26.2 Å². The fourth-order valence-corrected chi connectivity index (χ4v) is 2.96. The summed E-state index contributed by atoms with van der Waals surface area (Å²) >= 11 is 0. The first kappa shape index (κ1) is 13.9. The van der Waals surface area contributed by atoms with E-state index in [0.29, 0.717) is 6.04 Å². The van der Waals surface area contributed by atoms with E-state index in [4.69, 9.17) is 10.5 Å². The number of rotatable bonds is 2. The van der Waals surface area contributed by atoms with Crippen LogP contribution in [0.5, 0.6) is 0 Å². The molecule has 1 rings (SSSR count). The van der Waals surface area contributed by atoms with Crippen LogP contribution in [0.15, 0.2) is 0 Å². The summed E-state index contributed by atoms with van der Waals surface area (Å²) in [5, 5.41) is 0. The summed E-state index contributed by atoms with van der Waals surface area (Å²) in [6.45, 7) is 16.0. The second-order valence-electron chi connectivity index (χ2n) is 6.75. The van der Waals surface area contributed by atoms with Gasteiger partial charge < -0.3 is 10.5 Å². The molecule has 16 heavy (non-hydrogen) atoms. The van der Waals surface area contributed by atoms with Gasteiger partial charge in [-0.15, -0.1) is 0 Å². The summed E-state index contributed by atoms with van der Waals surface area (Å²) in [5.41, 5.74) is 6.32. The Hall–Kier alpha value is -0.120. The maximum atomic E-state index is 6.16. The fraction of sp³-hybridized carbons (Fsp3) is 1.00. The molecule has 3 heteroatoms. The first-order chi connectivity index (χ1) is 7.13. The summed E-state index contributed by atoms with van der Waals surface area (Å²) in [7, 11) is 0. The molecule has 1 heterocycles. The summed E-state index contributed by atoms with van der Waals surface area (Å²) in [5.74, 6) is 0. The molecule has 0 aliphatic carbocycles. The first-order valence-corrected chi connectivity index (χ1v) is 6.27. The van der Waals surface area contributed by atoms with Gasteiger partial charge in [0.25, 0.3) is 0 Å². The van der Waals surface area contributed by atoms with E-state index in [1.54, 1.807) is 0 Å². The fourth-order valence-electron chi connectivity index (χ4n) is 2.96. The van der Waals surface area contributed by atoms with Gasteiger partial charge in [0.1, 0.15) is 0 Å². The van der Waals surface area contributed by atoms with Gasteiger partial charge in [-0.2, -0.15) is 0 Å². The quantitative estimate of drug-likeness (QED) is 0.784. The van der Waals surface area contributed by atoms with Crippen LogP contribution in [0.2, 0.25) is 0 Å². The van der Waals surface area contributed by atoms with E-state index >= 15 is 0 Å². The van der Waals surface area contributed by atoms with Gasteiger partial charge in [0, 0.05) is 25.2 Å². The van der Waals surface area contributed by atoms with Gasteiger partial charge >= 0.3 is 0 Å². The molecule has 1 aliphatic rings. The lowest BCUT2D eigenvalue weighted by molar-refractivity contribution is -0.111. The van der Waals surface area contributed by atoms with Crippen molar-refractivity contribution in [3.63, 3.8) is 0 Å². The van der Waals surface area contributed by atoms with Gasteiger partial charge in [0.2, 0.25) is 0 Å². The van der Waals surface area contributed by atoms with Crippen molar-refractivity contribution >= 4 is 0 Å². The van der Waals surface area contributed by atoms with Crippen molar-refractivity contribution in [1.82, 2.24) is 4.90 Å². The zero-order valence-corrected chi connectivity index (χ0v) is 11.7. The van der Waals surface area contributed by atoms with Gasteiger partial charge in [0.05, 0.1) is 12.2 Å². The van der Waals surface area contributed by atoms with Crippen LogP contribution in [-0.2, 0) is 4.74 Å². The second kappa shape index (κ2) is 4.63. The Kier molecular flexibility index (Phi) is 4.04. The lowest BCUT2D eigenvalue weighted by Crippen LogP contribution is -2.60. The standard InChI is InChI=1S/C13H28N2O/c1-10(14)11(12(2,3)4)15-7-8-16-13(5,6)9-15/h10-11H,7-9,14H2,1-6H3. The minimum absolute atomic E-state index is 0.0450. The van der Waals surface area contributed by atoms with E-state index in [1.165, 1.54) is 0 Å². The van der Waals surface area contributed by atoms with Crippen molar-refractivity contribution in [3.05, 3.63) is 0 Å². The molecule has 0 amide bonds. The molecule has 2 atom stereocenters. The van der Waals surface area contributed by atoms with Crippen LogP contribution in [0.25, 0.3) is 0 Å². The second-order valence-corrected chi connectivity index (χ2v) is 6.75. The predicted molar refractivity (Wildman–Crippen MR) is 68.5 cm³/mol. The minimum atomic E-state index is -0.0450. The molecule has 0 bridgehead atoms. The van der Waals surface area contributed by atoms with E-state index < -0.39 is 0 Å². The molecule has 1 fully saturated rings. The molecule has 1 saturated heterocycles. The SMILES string of the molecule is CC(N)C(N1CCOC(C)(C)C1)C(C)(C)C. The summed E-state index contributed by atoms with van der Waals surface area (Å²) in [6.07, 6.45) is 0. The summed E-state index contributed by atoms with van der Waals surface area (Å²) < 4.78 is 5.76. The van der Waals surface area contributed by atoms with Crippen LogP contribution in [0.4, 0.5) is 0 Å². The van der Waals surface area contributed by atoms with Crippen LogP contribution in [0.1, 0.15) is 41.5 Å². The lowest BCUT2D eigenvalue weighted by atomic mass is 9.81. The predicted octanol–water partition coefficient (Wildman–Crippen LogP) is 1.86. The average Bonchev–Trinajstić information content (AvgIpc) is 1.97. The summed E-state index contributed by atoms with van der Waals surface area (Å²) in [4.78, 5) is 2.49. The number of nitrogens with two attached hydrogens (primary N) is 1. The van der Waals surface area contributed by atoms with Crippen LogP contribution in [0.3, 0.4) is 0 Å². The van der Waals surface area contributed by atoms with Gasteiger partial charge in [-0.3, -0.25) is 4.90 Å². The Labute approximate surface area is 100 Å². The van der Waals surface area contributed by atoms with Gasteiger partial charge in [-0.25, -0.2) is 0 Å². The number of morpholine rings is 1. The van der Waals surface area contributed by atoms with E-state index in [2.05, 4.69) is 46.4 Å². The highest BCUT2D eigenvalue weighted by atomic mass is 16.5. The Bertz CT molecular complexity index is 231. The number of hydrogen-bond donors (Lipinski definition) is 1. The van der Waals surface area contributed by atoms with Crippen LogP contribution in [-0.4, -0.2) is 42.3 Å². The van der Waals surface area contributed by atoms with Gasteiger partial charge in [0.15, 0.2) is 0 Å². The molecule has 1 aliphatic heterocycles. The third-order valence-corrected chi connectivity index (χ3v) is 3.23. The third kappa shape index (κ3) is 3.44. The van der Waals surface area contributed by atoms with Crippen LogP contribution < -0.4 is 5.73 Å². The topological polar surface area (TPSA) is 38.5 Å². The molecule has 0 radical (unpaired) electrons. The summed E-state index contributed by atoms with van der Waals surface area (Å²) in [6, 6.07) is 0.601. The van der Waals surface area contributed by atoms with Crippen molar-refractivity contribution < 1.29 is 4.74 Å². The molecular weight excluding hydrogens is 200 g/mol. The molecule has 0 spiro atoms. The van der Waals surface area contributed by atoms with Crippen molar-refractivity contribution in [2.75, 3.05) is 19.7 Å². The van der Waals surface area contributed by atoms with Crippen molar-refractivity contribution in [1.29, 1.82) is 0 Å². The number of ether oxygens (including phenoxy) is 1. The molecule has 0 saturated carbocycles. The van der Waals surface area contributed by atoms with Gasteiger partial charge in [-0.1, -0.05) is 20.8 Å². The Morgan fingerprint density at radius 1 is 1.31 bits per heavy atom. The minimum Gasteiger partial charge on any atom is -0.373 e. The van der Waals surface area contributed by atoms with Crippen LogP contribution >= 0.6 is 0 Å². The third-order valence-electron chi connectivity index (χ3n) is 3.23. The highest BCUT2D eigenvalue weighted by Crippen LogP contribution is 2.29.